The molecule has 0 atom stereocenters. The van der Waals surface area contributed by atoms with Gasteiger partial charge in [-0.15, -0.1) is 24.0 Å². The standard InChI is InChI=1S/C16H27N3O.HI/c1-5-17-16(19-12-13(2)3)18-11-10-14-6-8-15(20-4)9-7-14;/h6-9,13H,5,10-12H2,1-4H3,(H2,17,18,19);1H. The smallest absolute Gasteiger partial charge is 0.191 e. The Balaban J connectivity index is 0.00000400. The van der Waals surface area contributed by atoms with E-state index >= 15 is 0 Å². The second-order valence-corrected chi connectivity index (χ2v) is 5.14. The highest BCUT2D eigenvalue weighted by molar-refractivity contribution is 14.0. The van der Waals surface area contributed by atoms with Gasteiger partial charge < -0.3 is 15.4 Å². The lowest BCUT2D eigenvalue weighted by Crippen LogP contribution is -2.38. The van der Waals surface area contributed by atoms with Crippen LogP contribution < -0.4 is 15.4 Å². The Labute approximate surface area is 145 Å². The summed E-state index contributed by atoms with van der Waals surface area (Å²) < 4.78 is 5.15. The van der Waals surface area contributed by atoms with Crippen molar-refractivity contribution in [1.82, 2.24) is 10.6 Å². The average molecular weight is 405 g/mol. The van der Waals surface area contributed by atoms with Crippen LogP contribution in [0, 0.1) is 5.92 Å². The van der Waals surface area contributed by atoms with E-state index in [1.807, 2.05) is 12.1 Å². The molecular weight excluding hydrogens is 377 g/mol. The van der Waals surface area contributed by atoms with E-state index in [1.54, 1.807) is 7.11 Å². The molecule has 0 radical (unpaired) electrons. The van der Waals surface area contributed by atoms with Crippen molar-refractivity contribution in [1.29, 1.82) is 0 Å². The third-order valence-corrected chi connectivity index (χ3v) is 2.82. The minimum absolute atomic E-state index is 0. The van der Waals surface area contributed by atoms with Crippen LogP contribution in [0.5, 0.6) is 5.75 Å². The van der Waals surface area contributed by atoms with E-state index in [0.29, 0.717) is 5.92 Å². The first-order valence-electron chi connectivity index (χ1n) is 7.30. The summed E-state index contributed by atoms with van der Waals surface area (Å²) in [5.41, 5.74) is 1.29. The third kappa shape index (κ3) is 8.80. The number of nitrogens with one attached hydrogen (secondary N) is 2. The van der Waals surface area contributed by atoms with Crippen molar-refractivity contribution in [2.24, 2.45) is 10.9 Å². The normalized spacial score (nSPS) is 11.0. The van der Waals surface area contributed by atoms with Gasteiger partial charge in [0.25, 0.3) is 0 Å². The van der Waals surface area contributed by atoms with Crippen molar-refractivity contribution < 1.29 is 4.74 Å². The number of nitrogens with zero attached hydrogens (tertiary/aromatic N) is 1. The summed E-state index contributed by atoms with van der Waals surface area (Å²) in [6.45, 7) is 9.02. The number of ether oxygens (including phenoxy) is 1. The predicted octanol–water partition coefficient (Wildman–Crippen LogP) is 3.07. The van der Waals surface area contributed by atoms with Gasteiger partial charge in [-0.1, -0.05) is 26.0 Å². The summed E-state index contributed by atoms with van der Waals surface area (Å²) in [6, 6.07) is 8.18. The highest BCUT2D eigenvalue weighted by Gasteiger charge is 1.99. The highest BCUT2D eigenvalue weighted by Crippen LogP contribution is 2.11. The van der Waals surface area contributed by atoms with Gasteiger partial charge in [0.2, 0.25) is 0 Å². The van der Waals surface area contributed by atoms with E-state index < -0.39 is 0 Å². The fourth-order valence-electron chi connectivity index (χ4n) is 1.73. The Morgan fingerprint density at radius 3 is 2.38 bits per heavy atom. The van der Waals surface area contributed by atoms with Gasteiger partial charge in [0.15, 0.2) is 5.96 Å². The van der Waals surface area contributed by atoms with Gasteiger partial charge in [0.1, 0.15) is 5.75 Å². The molecule has 1 aromatic rings. The van der Waals surface area contributed by atoms with E-state index in [0.717, 1.165) is 37.8 Å². The number of rotatable bonds is 7. The molecular formula is C16H28IN3O. The molecule has 0 saturated carbocycles. The molecule has 1 aromatic carbocycles. The van der Waals surface area contributed by atoms with Gasteiger partial charge in [0.05, 0.1) is 7.11 Å². The van der Waals surface area contributed by atoms with Crippen LogP contribution in [0.3, 0.4) is 0 Å². The van der Waals surface area contributed by atoms with Crippen molar-refractivity contribution in [3.8, 4) is 5.75 Å². The summed E-state index contributed by atoms with van der Waals surface area (Å²) in [5, 5.41) is 6.62. The Bertz CT molecular complexity index is 404. The van der Waals surface area contributed by atoms with E-state index in [2.05, 4.69) is 48.5 Å². The lowest BCUT2D eigenvalue weighted by molar-refractivity contribution is 0.414. The first-order valence-corrected chi connectivity index (χ1v) is 7.30. The molecule has 1 rings (SSSR count). The maximum atomic E-state index is 5.15. The van der Waals surface area contributed by atoms with Gasteiger partial charge in [0, 0.05) is 19.6 Å². The number of guanidine groups is 1. The van der Waals surface area contributed by atoms with Crippen molar-refractivity contribution in [2.75, 3.05) is 26.7 Å². The van der Waals surface area contributed by atoms with Crippen LogP contribution in [0.15, 0.2) is 29.3 Å². The topological polar surface area (TPSA) is 45.7 Å². The minimum atomic E-state index is 0. The third-order valence-electron chi connectivity index (χ3n) is 2.82. The maximum Gasteiger partial charge on any atom is 0.191 e. The van der Waals surface area contributed by atoms with Crippen LogP contribution in [-0.2, 0) is 6.42 Å². The zero-order valence-electron chi connectivity index (χ0n) is 13.5. The fraction of sp³-hybridized carbons (Fsp3) is 0.562. The van der Waals surface area contributed by atoms with Crippen molar-refractivity contribution in [3.05, 3.63) is 29.8 Å². The molecule has 0 amide bonds. The zero-order valence-corrected chi connectivity index (χ0v) is 15.8. The number of hydrogen-bond donors (Lipinski definition) is 2. The SMILES string of the molecule is CCNC(=NCC(C)C)NCCc1ccc(OC)cc1.I. The molecule has 2 N–H and O–H groups in total. The van der Waals surface area contributed by atoms with E-state index in [9.17, 15) is 0 Å². The van der Waals surface area contributed by atoms with Crippen LogP contribution in [0.1, 0.15) is 26.3 Å². The average Bonchev–Trinajstić information content (AvgIpc) is 2.45. The predicted molar refractivity (Wildman–Crippen MR) is 101 cm³/mol. The summed E-state index contributed by atoms with van der Waals surface area (Å²) in [7, 11) is 1.68. The summed E-state index contributed by atoms with van der Waals surface area (Å²) in [4.78, 5) is 4.55. The summed E-state index contributed by atoms with van der Waals surface area (Å²) in [6.07, 6.45) is 0.968. The zero-order chi connectivity index (χ0) is 14.8. The Hall–Kier alpha value is -0.980. The molecule has 120 valence electrons. The van der Waals surface area contributed by atoms with Gasteiger partial charge in [-0.05, 0) is 37.0 Å². The molecule has 0 heterocycles. The number of hydrogen-bond acceptors (Lipinski definition) is 2. The molecule has 5 heteroatoms. The fourth-order valence-corrected chi connectivity index (χ4v) is 1.73. The molecule has 0 aliphatic carbocycles. The maximum absolute atomic E-state index is 5.15. The number of halogens is 1. The van der Waals surface area contributed by atoms with Crippen molar-refractivity contribution in [2.45, 2.75) is 27.2 Å². The molecule has 0 saturated heterocycles. The number of benzene rings is 1. The van der Waals surface area contributed by atoms with Crippen molar-refractivity contribution >= 4 is 29.9 Å². The van der Waals surface area contributed by atoms with Gasteiger partial charge >= 0.3 is 0 Å². The molecule has 0 spiro atoms. The van der Waals surface area contributed by atoms with Gasteiger partial charge in [-0.25, -0.2) is 0 Å². The van der Waals surface area contributed by atoms with E-state index in [4.69, 9.17) is 4.74 Å². The Kier molecular flexibility index (Phi) is 11.1. The van der Waals surface area contributed by atoms with Crippen LogP contribution in [0.25, 0.3) is 0 Å². The quantitative estimate of drug-likeness (QED) is 0.417. The minimum Gasteiger partial charge on any atom is -0.497 e. The molecule has 0 bridgehead atoms. The van der Waals surface area contributed by atoms with Crippen LogP contribution in [0.2, 0.25) is 0 Å². The van der Waals surface area contributed by atoms with Crippen molar-refractivity contribution in [3.63, 3.8) is 0 Å². The van der Waals surface area contributed by atoms with Crippen LogP contribution in [-0.4, -0.2) is 32.7 Å². The summed E-state index contributed by atoms with van der Waals surface area (Å²) >= 11 is 0. The highest BCUT2D eigenvalue weighted by atomic mass is 127. The monoisotopic (exact) mass is 405 g/mol. The molecule has 0 aliphatic heterocycles. The van der Waals surface area contributed by atoms with Crippen LogP contribution in [0.4, 0.5) is 0 Å². The lowest BCUT2D eigenvalue weighted by atomic mass is 10.1. The number of methoxy groups -OCH3 is 1. The second-order valence-electron chi connectivity index (χ2n) is 5.14. The molecule has 21 heavy (non-hydrogen) atoms. The first kappa shape index (κ1) is 20.0. The molecule has 4 nitrogen and oxygen atoms in total. The number of aliphatic imine (C=N–C) groups is 1. The van der Waals surface area contributed by atoms with E-state index in [1.165, 1.54) is 5.56 Å². The Morgan fingerprint density at radius 1 is 1.19 bits per heavy atom. The largest absolute Gasteiger partial charge is 0.497 e. The van der Waals surface area contributed by atoms with Gasteiger partial charge in [-0.3, -0.25) is 4.99 Å². The second kappa shape index (κ2) is 11.7. The van der Waals surface area contributed by atoms with Crippen LogP contribution >= 0.6 is 24.0 Å². The van der Waals surface area contributed by atoms with Gasteiger partial charge in [-0.2, -0.15) is 0 Å². The molecule has 0 unspecified atom stereocenters. The van der Waals surface area contributed by atoms with E-state index in [-0.39, 0.29) is 24.0 Å². The molecule has 0 fully saturated rings. The summed E-state index contributed by atoms with van der Waals surface area (Å²) in [5.74, 6) is 2.37. The first-order chi connectivity index (χ1) is 9.65. The molecule has 0 aliphatic rings. The lowest BCUT2D eigenvalue weighted by Gasteiger charge is -2.12. The Morgan fingerprint density at radius 2 is 1.86 bits per heavy atom. The molecule has 0 aromatic heterocycles.